The third kappa shape index (κ3) is 3.71. The van der Waals surface area contributed by atoms with Gasteiger partial charge >= 0.3 is 0 Å². The van der Waals surface area contributed by atoms with Gasteiger partial charge in [0.15, 0.2) is 0 Å². The number of unbranched alkanes of at least 4 members (excludes halogenated alkanes) is 2. The van der Waals surface area contributed by atoms with E-state index >= 15 is 0 Å². The van der Waals surface area contributed by atoms with Gasteiger partial charge in [-0.05, 0) is 6.42 Å². The van der Waals surface area contributed by atoms with Crippen LogP contribution < -0.4 is 5.32 Å². The molecule has 1 amide bonds. The zero-order valence-corrected chi connectivity index (χ0v) is 11.0. The first kappa shape index (κ1) is 14.0. The molecule has 7 heteroatoms. The molecule has 1 atom stereocenters. The summed E-state index contributed by atoms with van der Waals surface area (Å²) in [6.07, 6.45) is 4.25. The highest BCUT2D eigenvalue weighted by atomic mass is 32.2. The zero-order valence-electron chi connectivity index (χ0n) is 10.2. The molecule has 0 bridgehead atoms. The molecule has 0 saturated heterocycles. The summed E-state index contributed by atoms with van der Waals surface area (Å²) in [4.78, 5) is 13.7. The predicted molar refractivity (Wildman–Crippen MR) is 65.9 cm³/mol. The van der Waals surface area contributed by atoms with Crippen LogP contribution in [0, 0.1) is 0 Å². The molecule has 0 aromatic rings. The van der Waals surface area contributed by atoms with Crippen LogP contribution in [0.2, 0.25) is 0 Å². The van der Waals surface area contributed by atoms with E-state index in [0.717, 1.165) is 23.6 Å². The van der Waals surface area contributed by atoms with Crippen molar-refractivity contribution >= 4 is 17.2 Å². The fourth-order valence-electron chi connectivity index (χ4n) is 1.58. The minimum Gasteiger partial charge on any atom is -0.372 e. The van der Waals surface area contributed by atoms with Crippen molar-refractivity contribution < 1.29 is 13.6 Å². The molecule has 1 unspecified atom stereocenters. The SMILES string of the molecule is CCCCCN(C(=O)C1=CNCN1C)S(=O)O. The standard InChI is InChI=1S/C10H19N3O3S/c1-3-4-5-6-13(17(15)16)10(14)9-7-11-8-12(9)2/h7,11H,3-6,8H2,1-2H3,(H,15,16). The number of carbonyl (C=O) groups is 1. The largest absolute Gasteiger partial charge is 0.372 e. The molecule has 2 N–H and O–H groups in total. The maximum atomic E-state index is 12.0. The molecule has 1 heterocycles. The third-order valence-corrected chi connectivity index (χ3v) is 3.30. The van der Waals surface area contributed by atoms with E-state index in [4.69, 9.17) is 4.55 Å². The summed E-state index contributed by atoms with van der Waals surface area (Å²) in [5.74, 6) is -0.408. The number of nitrogens with zero attached hydrogens (tertiary/aromatic N) is 2. The van der Waals surface area contributed by atoms with E-state index in [1.165, 1.54) is 0 Å². The minimum atomic E-state index is -2.26. The maximum absolute atomic E-state index is 12.0. The van der Waals surface area contributed by atoms with E-state index < -0.39 is 17.2 Å². The molecule has 0 fully saturated rings. The lowest BCUT2D eigenvalue weighted by molar-refractivity contribution is -0.124. The summed E-state index contributed by atoms with van der Waals surface area (Å²) < 4.78 is 21.3. The number of hydrogen-bond acceptors (Lipinski definition) is 4. The molecule has 0 aliphatic carbocycles. The highest BCUT2D eigenvalue weighted by molar-refractivity contribution is 7.77. The second kappa shape index (κ2) is 6.61. The van der Waals surface area contributed by atoms with Gasteiger partial charge < -0.3 is 10.2 Å². The number of carbonyl (C=O) groups excluding carboxylic acids is 1. The smallest absolute Gasteiger partial charge is 0.285 e. The predicted octanol–water partition coefficient (Wildman–Crippen LogP) is 0.476. The Kier molecular flexibility index (Phi) is 5.43. The van der Waals surface area contributed by atoms with Crippen LogP contribution in [0.3, 0.4) is 0 Å². The van der Waals surface area contributed by atoms with Crippen LogP contribution in [0.5, 0.6) is 0 Å². The molecule has 1 aliphatic heterocycles. The van der Waals surface area contributed by atoms with Crippen molar-refractivity contribution in [2.45, 2.75) is 26.2 Å². The average Bonchev–Trinajstić information content (AvgIpc) is 2.69. The summed E-state index contributed by atoms with van der Waals surface area (Å²) in [5, 5.41) is 2.90. The van der Waals surface area contributed by atoms with Gasteiger partial charge in [0.1, 0.15) is 5.70 Å². The molecule has 1 aliphatic rings. The lowest BCUT2D eigenvalue weighted by Crippen LogP contribution is -2.37. The number of hydrogen-bond donors (Lipinski definition) is 2. The Morgan fingerprint density at radius 2 is 2.35 bits per heavy atom. The van der Waals surface area contributed by atoms with Crippen molar-refractivity contribution in [2.24, 2.45) is 0 Å². The fraction of sp³-hybridized carbons (Fsp3) is 0.700. The van der Waals surface area contributed by atoms with Crippen molar-refractivity contribution in [3.05, 3.63) is 11.9 Å². The van der Waals surface area contributed by atoms with Crippen LogP contribution in [0.4, 0.5) is 0 Å². The number of amides is 1. The molecule has 0 spiro atoms. The summed E-state index contributed by atoms with van der Waals surface area (Å²) in [6, 6.07) is 0. The van der Waals surface area contributed by atoms with Gasteiger partial charge in [-0.1, -0.05) is 19.8 Å². The Bertz CT molecular complexity index is 333. The second-order valence-corrected chi connectivity index (χ2v) is 4.84. The molecular formula is C10H19N3O3S. The maximum Gasteiger partial charge on any atom is 0.285 e. The third-order valence-electron chi connectivity index (χ3n) is 2.58. The van der Waals surface area contributed by atoms with E-state index in [1.54, 1.807) is 18.1 Å². The molecule has 6 nitrogen and oxygen atoms in total. The van der Waals surface area contributed by atoms with E-state index in [-0.39, 0.29) is 0 Å². The van der Waals surface area contributed by atoms with Gasteiger partial charge in [0.05, 0.1) is 6.67 Å². The molecule has 1 rings (SSSR count). The molecular weight excluding hydrogens is 242 g/mol. The number of rotatable bonds is 6. The van der Waals surface area contributed by atoms with Gasteiger partial charge in [0, 0.05) is 19.8 Å². The first-order chi connectivity index (χ1) is 8.07. The average molecular weight is 261 g/mol. The number of nitrogens with one attached hydrogen (secondary N) is 1. The highest BCUT2D eigenvalue weighted by Crippen LogP contribution is 2.12. The van der Waals surface area contributed by atoms with Gasteiger partial charge in [-0.15, -0.1) is 0 Å². The van der Waals surface area contributed by atoms with Gasteiger partial charge in [-0.3, -0.25) is 9.35 Å². The Morgan fingerprint density at radius 3 is 2.82 bits per heavy atom. The van der Waals surface area contributed by atoms with Crippen LogP contribution in [0.25, 0.3) is 0 Å². The zero-order chi connectivity index (χ0) is 12.8. The number of likely N-dealkylation sites (N-methyl/N-ethyl adjacent to an activating group) is 1. The Morgan fingerprint density at radius 1 is 1.65 bits per heavy atom. The molecule has 17 heavy (non-hydrogen) atoms. The molecule has 0 radical (unpaired) electrons. The van der Waals surface area contributed by atoms with Crippen LogP contribution in [-0.2, 0) is 16.1 Å². The summed E-state index contributed by atoms with van der Waals surface area (Å²) >= 11 is -2.26. The van der Waals surface area contributed by atoms with E-state index in [2.05, 4.69) is 5.32 Å². The molecule has 0 aromatic carbocycles. The van der Waals surface area contributed by atoms with Crippen molar-refractivity contribution in [3.63, 3.8) is 0 Å². The van der Waals surface area contributed by atoms with Crippen molar-refractivity contribution in [2.75, 3.05) is 20.3 Å². The molecule has 0 saturated carbocycles. The molecule has 0 aromatic heterocycles. The fourth-order valence-corrected chi connectivity index (χ4v) is 2.10. The van der Waals surface area contributed by atoms with Crippen molar-refractivity contribution in [1.29, 1.82) is 0 Å². The monoisotopic (exact) mass is 261 g/mol. The van der Waals surface area contributed by atoms with Crippen LogP contribution in [0.1, 0.15) is 26.2 Å². The summed E-state index contributed by atoms with van der Waals surface area (Å²) in [7, 11) is 1.76. The quantitative estimate of drug-likeness (QED) is 0.537. The topological polar surface area (TPSA) is 72.9 Å². The summed E-state index contributed by atoms with van der Waals surface area (Å²) in [5.41, 5.74) is 0.420. The van der Waals surface area contributed by atoms with Gasteiger partial charge in [0.2, 0.25) is 0 Å². The van der Waals surface area contributed by atoms with Crippen LogP contribution >= 0.6 is 0 Å². The lowest BCUT2D eigenvalue weighted by atomic mass is 10.2. The minimum absolute atomic E-state index is 0.307. The normalized spacial score (nSPS) is 16.4. The van der Waals surface area contributed by atoms with E-state index in [1.807, 2.05) is 6.92 Å². The van der Waals surface area contributed by atoms with Crippen molar-refractivity contribution in [1.82, 2.24) is 14.5 Å². The highest BCUT2D eigenvalue weighted by Gasteiger charge is 2.26. The lowest BCUT2D eigenvalue weighted by Gasteiger charge is -2.21. The summed E-state index contributed by atoms with van der Waals surface area (Å²) in [6.45, 7) is 2.89. The van der Waals surface area contributed by atoms with Crippen LogP contribution in [0.15, 0.2) is 11.9 Å². The van der Waals surface area contributed by atoms with E-state index in [0.29, 0.717) is 18.9 Å². The van der Waals surface area contributed by atoms with E-state index in [9.17, 15) is 9.00 Å². The molecule has 98 valence electrons. The van der Waals surface area contributed by atoms with Crippen LogP contribution in [-0.4, -0.2) is 44.1 Å². The Labute approximate surface area is 104 Å². The second-order valence-electron chi connectivity index (χ2n) is 3.93. The van der Waals surface area contributed by atoms with Crippen molar-refractivity contribution in [3.8, 4) is 0 Å². The Hall–Kier alpha value is -1.08. The van der Waals surface area contributed by atoms with Gasteiger partial charge in [0.25, 0.3) is 17.2 Å². The Balaban J connectivity index is 2.64. The van der Waals surface area contributed by atoms with Gasteiger partial charge in [-0.25, -0.2) is 8.51 Å². The first-order valence-corrected chi connectivity index (χ1v) is 6.71. The van der Waals surface area contributed by atoms with Gasteiger partial charge in [-0.2, -0.15) is 0 Å². The first-order valence-electron chi connectivity index (χ1n) is 5.65.